The van der Waals surface area contributed by atoms with Gasteiger partial charge in [-0.1, -0.05) is 121 Å². The van der Waals surface area contributed by atoms with Gasteiger partial charge >= 0.3 is 0 Å². The Bertz CT molecular complexity index is 1290. The summed E-state index contributed by atoms with van der Waals surface area (Å²) in [5, 5.41) is 2.61. The van der Waals surface area contributed by atoms with Crippen molar-refractivity contribution in [2.75, 3.05) is 0 Å². The second-order valence-corrected chi connectivity index (χ2v) is 7.74. The van der Waals surface area contributed by atoms with E-state index in [2.05, 4.69) is 121 Å². The third-order valence-electron chi connectivity index (χ3n) is 6.34. The van der Waals surface area contributed by atoms with Crippen LogP contribution in [0.1, 0.15) is 22.3 Å². The van der Waals surface area contributed by atoms with E-state index in [0.29, 0.717) is 0 Å². The molecule has 0 unspecified atom stereocenters. The number of rotatable bonds is 2. The average molecular weight is 368 g/mol. The molecular weight excluding hydrogens is 348 g/mol. The molecule has 0 atom stereocenters. The molecule has 0 fully saturated rings. The molecule has 5 aromatic carbocycles. The molecule has 0 amide bonds. The van der Waals surface area contributed by atoms with E-state index < -0.39 is 0 Å². The van der Waals surface area contributed by atoms with Crippen LogP contribution in [0.5, 0.6) is 0 Å². The molecular formula is C29H20. The second kappa shape index (κ2) is 6.18. The van der Waals surface area contributed by atoms with Crippen LogP contribution in [0.2, 0.25) is 0 Å². The third kappa shape index (κ3) is 2.14. The summed E-state index contributed by atoms with van der Waals surface area (Å²) in [4.78, 5) is 0. The molecule has 29 heavy (non-hydrogen) atoms. The van der Waals surface area contributed by atoms with Crippen LogP contribution in [-0.4, -0.2) is 0 Å². The van der Waals surface area contributed by atoms with Gasteiger partial charge in [-0.3, -0.25) is 0 Å². The lowest BCUT2D eigenvalue weighted by Crippen LogP contribution is -2.28. The highest BCUT2D eigenvalue weighted by atomic mass is 14.5. The van der Waals surface area contributed by atoms with Gasteiger partial charge in [0.2, 0.25) is 0 Å². The Balaban J connectivity index is 1.88. The van der Waals surface area contributed by atoms with Crippen LogP contribution in [0.4, 0.5) is 0 Å². The lowest BCUT2D eigenvalue weighted by atomic mass is 9.67. The molecule has 0 heterocycles. The van der Waals surface area contributed by atoms with Crippen molar-refractivity contribution >= 4 is 10.8 Å². The molecule has 136 valence electrons. The summed E-state index contributed by atoms with van der Waals surface area (Å²) in [5.41, 5.74) is 7.74. The van der Waals surface area contributed by atoms with E-state index in [1.165, 1.54) is 44.2 Å². The van der Waals surface area contributed by atoms with Crippen molar-refractivity contribution in [2.45, 2.75) is 5.41 Å². The highest BCUT2D eigenvalue weighted by Gasteiger charge is 2.46. The first-order chi connectivity index (χ1) is 14.4. The third-order valence-corrected chi connectivity index (χ3v) is 6.34. The van der Waals surface area contributed by atoms with E-state index in [0.717, 1.165) is 0 Å². The van der Waals surface area contributed by atoms with Gasteiger partial charge < -0.3 is 0 Å². The topological polar surface area (TPSA) is 0 Å². The molecule has 0 heteroatoms. The van der Waals surface area contributed by atoms with Crippen LogP contribution in [0.15, 0.2) is 121 Å². The van der Waals surface area contributed by atoms with Gasteiger partial charge in [0.1, 0.15) is 0 Å². The standard InChI is InChI=1S/C29H20/c1-3-12-22(13-4-1)29(23-14-5-2-6-15-23)27-18-10-9-17-25(27)26-20-19-21-11-7-8-16-24(21)28(26)29/h1-20H. The van der Waals surface area contributed by atoms with E-state index in [4.69, 9.17) is 0 Å². The smallest absolute Gasteiger partial charge is 0.0622 e. The fourth-order valence-corrected chi connectivity index (χ4v) is 5.22. The number of fused-ring (bicyclic) bond motifs is 5. The maximum atomic E-state index is 2.31. The van der Waals surface area contributed by atoms with Gasteiger partial charge in [0.05, 0.1) is 5.41 Å². The SMILES string of the molecule is c1ccc(C2(c3ccccc3)c3ccccc3-c3ccc4ccccc4c32)cc1. The predicted octanol–water partition coefficient (Wildman–Crippen LogP) is 7.20. The summed E-state index contributed by atoms with van der Waals surface area (Å²) in [5.74, 6) is 0. The summed E-state index contributed by atoms with van der Waals surface area (Å²) in [7, 11) is 0. The molecule has 0 nitrogen and oxygen atoms in total. The fraction of sp³-hybridized carbons (Fsp3) is 0.0345. The zero-order chi connectivity index (χ0) is 19.3. The highest BCUT2D eigenvalue weighted by molar-refractivity contribution is 6.00. The zero-order valence-corrected chi connectivity index (χ0v) is 16.0. The van der Waals surface area contributed by atoms with Gasteiger partial charge in [0.15, 0.2) is 0 Å². The van der Waals surface area contributed by atoms with Crippen LogP contribution in [-0.2, 0) is 5.41 Å². The minimum Gasteiger partial charge on any atom is -0.0622 e. The molecule has 0 saturated carbocycles. The lowest BCUT2D eigenvalue weighted by Gasteiger charge is -2.34. The molecule has 0 N–H and O–H groups in total. The van der Waals surface area contributed by atoms with Gasteiger partial charge in [-0.15, -0.1) is 0 Å². The summed E-state index contributed by atoms with van der Waals surface area (Å²) in [6.07, 6.45) is 0. The minimum absolute atomic E-state index is 0.324. The molecule has 0 radical (unpaired) electrons. The Hall–Kier alpha value is -3.64. The first-order valence-corrected chi connectivity index (χ1v) is 10.1. The van der Waals surface area contributed by atoms with Gasteiger partial charge in [0, 0.05) is 0 Å². The van der Waals surface area contributed by atoms with E-state index in [9.17, 15) is 0 Å². The second-order valence-electron chi connectivity index (χ2n) is 7.74. The van der Waals surface area contributed by atoms with Crippen molar-refractivity contribution in [1.29, 1.82) is 0 Å². The maximum absolute atomic E-state index is 2.31. The van der Waals surface area contributed by atoms with Crippen molar-refractivity contribution < 1.29 is 0 Å². The molecule has 0 spiro atoms. The molecule has 0 saturated heterocycles. The van der Waals surface area contributed by atoms with E-state index in [-0.39, 0.29) is 5.41 Å². The maximum Gasteiger partial charge on any atom is 0.0719 e. The van der Waals surface area contributed by atoms with Crippen molar-refractivity contribution in [2.24, 2.45) is 0 Å². The van der Waals surface area contributed by atoms with Crippen molar-refractivity contribution in [3.05, 3.63) is 144 Å². The Morgan fingerprint density at radius 2 is 1.00 bits per heavy atom. The van der Waals surface area contributed by atoms with Crippen LogP contribution in [0, 0.1) is 0 Å². The number of hydrogen-bond acceptors (Lipinski definition) is 0. The van der Waals surface area contributed by atoms with Crippen LogP contribution >= 0.6 is 0 Å². The Morgan fingerprint density at radius 3 is 1.72 bits per heavy atom. The lowest BCUT2D eigenvalue weighted by molar-refractivity contribution is 0.775. The quantitative estimate of drug-likeness (QED) is 0.303. The number of hydrogen-bond donors (Lipinski definition) is 0. The molecule has 6 rings (SSSR count). The van der Waals surface area contributed by atoms with Crippen LogP contribution in [0.3, 0.4) is 0 Å². The minimum atomic E-state index is -0.324. The first kappa shape index (κ1) is 16.3. The molecule has 0 aromatic heterocycles. The summed E-state index contributed by atoms with van der Waals surface area (Å²) >= 11 is 0. The van der Waals surface area contributed by atoms with Crippen LogP contribution in [0.25, 0.3) is 21.9 Å². The van der Waals surface area contributed by atoms with Crippen molar-refractivity contribution in [3.8, 4) is 11.1 Å². The Morgan fingerprint density at radius 1 is 0.414 bits per heavy atom. The Kier molecular flexibility index (Phi) is 3.48. The first-order valence-electron chi connectivity index (χ1n) is 10.1. The Labute approximate surface area is 171 Å². The highest BCUT2D eigenvalue weighted by Crippen LogP contribution is 2.57. The van der Waals surface area contributed by atoms with Crippen molar-refractivity contribution in [3.63, 3.8) is 0 Å². The van der Waals surface area contributed by atoms with E-state index in [1.54, 1.807) is 0 Å². The zero-order valence-electron chi connectivity index (χ0n) is 16.0. The van der Waals surface area contributed by atoms with E-state index in [1.807, 2.05) is 0 Å². The average Bonchev–Trinajstić information content (AvgIpc) is 3.12. The monoisotopic (exact) mass is 368 g/mol. The fourth-order valence-electron chi connectivity index (χ4n) is 5.22. The summed E-state index contributed by atoms with van der Waals surface area (Å²) < 4.78 is 0. The normalized spacial score (nSPS) is 13.8. The van der Waals surface area contributed by atoms with Gasteiger partial charge in [-0.05, 0) is 44.2 Å². The van der Waals surface area contributed by atoms with Crippen molar-refractivity contribution in [1.82, 2.24) is 0 Å². The molecule has 1 aliphatic carbocycles. The number of benzene rings is 5. The molecule has 0 aliphatic heterocycles. The summed E-state index contributed by atoms with van der Waals surface area (Å²) in [6.45, 7) is 0. The molecule has 1 aliphatic rings. The predicted molar refractivity (Wildman–Crippen MR) is 121 cm³/mol. The van der Waals surface area contributed by atoms with Crippen LogP contribution < -0.4 is 0 Å². The molecule has 0 bridgehead atoms. The van der Waals surface area contributed by atoms with Gasteiger partial charge in [-0.25, -0.2) is 0 Å². The molecule has 5 aromatic rings. The van der Waals surface area contributed by atoms with Gasteiger partial charge in [-0.2, -0.15) is 0 Å². The van der Waals surface area contributed by atoms with Gasteiger partial charge in [0.25, 0.3) is 0 Å². The largest absolute Gasteiger partial charge is 0.0719 e. The van der Waals surface area contributed by atoms with E-state index >= 15 is 0 Å². The summed E-state index contributed by atoms with van der Waals surface area (Å²) in [6, 6.07) is 44.2.